The standard InChI is InChI=1S/C33H39F2N3O3/c1-21-11-12-25-9-8-10-29(31(25)32(21)39)41-24(4)27(33(5,34)35)19-22(2)23(3)36-28-14-13-26(20-30(28)40-7)38-17-15-37(6)16-18-38/h8-10,13-14,19-20H,1,11-12,15-18H2,2-7H3/b22-19-,27-24?,36-23?. The molecule has 0 atom stereocenters. The van der Waals surface area contributed by atoms with E-state index in [4.69, 9.17) is 14.5 Å². The summed E-state index contributed by atoms with van der Waals surface area (Å²) in [7, 11) is 3.71. The summed E-state index contributed by atoms with van der Waals surface area (Å²) >= 11 is 0. The number of hydrogen-bond donors (Lipinski definition) is 0. The lowest BCUT2D eigenvalue weighted by Crippen LogP contribution is -2.44. The Morgan fingerprint density at radius 2 is 1.76 bits per heavy atom. The van der Waals surface area contributed by atoms with Crippen LogP contribution in [0.4, 0.5) is 20.2 Å². The number of ketones is 1. The predicted octanol–water partition coefficient (Wildman–Crippen LogP) is 7.18. The van der Waals surface area contributed by atoms with Gasteiger partial charge in [-0.2, -0.15) is 0 Å². The highest BCUT2D eigenvalue weighted by atomic mass is 19.3. The number of hydrogen-bond acceptors (Lipinski definition) is 6. The normalized spacial score (nSPS) is 17.8. The number of aliphatic imine (C=N–C) groups is 1. The van der Waals surface area contributed by atoms with Crippen LogP contribution in [0.15, 0.2) is 76.5 Å². The zero-order valence-corrected chi connectivity index (χ0v) is 24.8. The Kier molecular flexibility index (Phi) is 9.12. The van der Waals surface area contributed by atoms with Gasteiger partial charge in [-0.15, -0.1) is 0 Å². The summed E-state index contributed by atoms with van der Waals surface area (Å²) in [5, 5.41) is 0. The number of nitrogens with zero attached hydrogens (tertiary/aromatic N) is 3. The molecule has 0 amide bonds. The molecule has 4 rings (SSSR count). The van der Waals surface area contributed by atoms with Crippen LogP contribution in [0.2, 0.25) is 0 Å². The van der Waals surface area contributed by atoms with Crippen LogP contribution in [0.25, 0.3) is 0 Å². The minimum atomic E-state index is -3.20. The van der Waals surface area contributed by atoms with Gasteiger partial charge in [-0.1, -0.05) is 18.7 Å². The van der Waals surface area contributed by atoms with Crippen LogP contribution in [-0.4, -0.2) is 62.7 Å². The van der Waals surface area contributed by atoms with Gasteiger partial charge in [0.2, 0.25) is 0 Å². The topological polar surface area (TPSA) is 54.4 Å². The first kappa shape index (κ1) is 30.2. The number of aryl methyl sites for hydroxylation is 1. The van der Waals surface area contributed by atoms with Gasteiger partial charge >= 0.3 is 0 Å². The number of fused-ring (bicyclic) bond motifs is 1. The van der Waals surface area contributed by atoms with Crippen molar-refractivity contribution in [3.8, 4) is 11.5 Å². The molecule has 218 valence electrons. The van der Waals surface area contributed by atoms with Gasteiger partial charge < -0.3 is 19.3 Å². The molecule has 2 aliphatic rings. The number of allylic oxidation sites excluding steroid dienone is 5. The average molecular weight is 564 g/mol. The minimum Gasteiger partial charge on any atom is -0.494 e. The maximum atomic E-state index is 14.9. The maximum absolute atomic E-state index is 14.9. The lowest BCUT2D eigenvalue weighted by atomic mass is 9.87. The fourth-order valence-corrected chi connectivity index (χ4v) is 5.07. The van der Waals surface area contributed by atoms with E-state index in [0.29, 0.717) is 46.7 Å². The second-order valence-electron chi connectivity index (χ2n) is 10.9. The molecular formula is C33H39F2N3O3. The molecule has 8 heteroatoms. The first-order valence-corrected chi connectivity index (χ1v) is 13.9. The highest BCUT2D eigenvalue weighted by molar-refractivity contribution is 6.12. The summed E-state index contributed by atoms with van der Waals surface area (Å²) in [4.78, 5) is 22.1. The van der Waals surface area contributed by atoms with Gasteiger partial charge in [0.25, 0.3) is 5.92 Å². The van der Waals surface area contributed by atoms with E-state index < -0.39 is 5.92 Å². The predicted molar refractivity (Wildman–Crippen MR) is 161 cm³/mol. The van der Waals surface area contributed by atoms with Gasteiger partial charge in [0, 0.05) is 50.6 Å². The number of carbonyl (C=O) groups excluding carboxylic acids is 1. The number of Topliss-reactive ketones (excluding diaryl/α,β-unsaturated/α-hetero) is 1. The number of rotatable bonds is 8. The van der Waals surface area contributed by atoms with Crippen molar-refractivity contribution in [2.75, 3.05) is 45.2 Å². The van der Waals surface area contributed by atoms with Crippen molar-refractivity contribution >= 4 is 22.9 Å². The van der Waals surface area contributed by atoms with Crippen molar-refractivity contribution < 1.29 is 23.0 Å². The number of halogens is 2. The second-order valence-corrected chi connectivity index (χ2v) is 10.9. The van der Waals surface area contributed by atoms with E-state index in [9.17, 15) is 13.6 Å². The van der Waals surface area contributed by atoms with Crippen LogP contribution in [0, 0.1) is 0 Å². The van der Waals surface area contributed by atoms with E-state index in [-0.39, 0.29) is 22.9 Å². The Balaban J connectivity index is 1.63. The molecule has 1 aliphatic heterocycles. The number of carbonyl (C=O) groups is 1. The molecule has 0 aromatic heterocycles. The van der Waals surface area contributed by atoms with Crippen LogP contribution in [-0.2, 0) is 6.42 Å². The molecule has 2 aromatic carbocycles. The Labute approximate surface area is 241 Å². The lowest BCUT2D eigenvalue weighted by Gasteiger charge is -2.34. The van der Waals surface area contributed by atoms with E-state index in [1.165, 1.54) is 13.0 Å². The van der Waals surface area contributed by atoms with Gasteiger partial charge in [-0.25, -0.2) is 13.8 Å². The molecule has 1 fully saturated rings. The quantitative estimate of drug-likeness (QED) is 0.147. The average Bonchev–Trinajstić information content (AvgIpc) is 2.93. The van der Waals surface area contributed by atoms with Gasteiger partial charge in [-0.05, 0) is 81.6 Å². The molecule has 41 heavy (non-hydrogen) atoms. The zero-order valence-electron chi connectivity index (χ0n) is 24.8. The first-order chi connectivity index (χ1) is 19.4. The number of anilines is 1. The first-order valence-electron chi connectivity index (χ1n) is 13.9. The maximum Gasteiger partial charge on any atom is 0.273 e. The number of piperazine rings is 1. The molecule has 1 heterocycles. The summed E-state index contributed by atoms with van der Waals surface area (Å²) < 4.78 is 41.4. The third-order valence-electron chi connectivity index (χ3n) is 7.72. The molecule has 0 spiro atoms. The Morgan fingerprint density at radius 3 is 2.41 bits per heavy atom. The lowest BCUT2D eigenvalue weighted by molar-refractivity contribution is 0.0633. The van der Waals surface area contributed by atoms with Crippen molar-refractivity contribution in [2.24, 2.45) is 4.99 Å². The van der Waals surface area contributed by atoms with Crippen LogP contribution in [0.1, 0.15) is 50.0 Å². The van der Waals surface area contributed by atoms with Crippen LogP contribution in [0.3, 0.4) is 0 Å². The smallest absolute Gasteiger partial charge is 0.273 e. The summed E-state index contributed by atoms with van der Waals surface area (Å²) in [5.74, 6) is -2.52. The Bertz CT molecular complexity index is 1430. The monoisotopic (exact) mass is 563 g/mol. The summed E-state index contributed by atoms with van der Waals surface area (Å²) in [6, 6.07) is 11.1. The fraction of sp³-hybridized carbons (Fsp3) is 0.394. The third-order valence-corrected chi connectivity index (χ3v) is 7.72. The number of alkyl halides is 2. The van der Waals surface area contributed by atoms with Crippen LogP contribution < -0.4 is 14.4 Å². The third kappa shape index (κ3) is 6.93. The molecule has 0 radical (unpaired) electrons. The van der Waals surface area contributed by atoms with Crippen LogP contribution in [0.5, 0.6) is 11.5 Å². The number of methoxy groups -OCH3 is 1. The SMILES string of the molecule is C=C1CCc2cccc(OC(C)=C(/C=C(/C)C(C)=Nc3ccc(N4CCN(C)CC4)cc3OC)C(C)(F)F)c2C1=O. The number of likely N-dealkylation sites (N-methyl/N-ethyl adjacent to an activating group) is 1. The molecule has 0 bridgehead atoms. The summed E-state index contributed by atoms with van der Waals surface area (Å²) in [6.07, 6.45) is 2.63. The summed E-state index contributed by atoms with van der Waals surface area (Å²) in [5.41, 5.74) is 4.22. The van der Waals surface area contributed by atoms with Crippen molar-refractivity contribution in [2.45, 2.75) is 46.5 Å². The van der Waals surface area contributed by atoms with E-state index >= 15 is 0 Å². The fourth-order valence-electron chi connectivity index (χ4n) is 5.07. The Hall–Kier alpha value is -3.78. The molecule has 0 N–H and O–H groups in total. The molecule has 2 aromatic rings. The van der Waals surface area contributed by atoms with E-state index in [1.807, 2.05) is 24.3 Å². The highest BCUT2D eigenvalue weighted by Crippen LogP contribution is 2.36. The van der Waals surface area contributed by atoms with Gasteiger partial charge in [-0.3, -0.25) is 4.79 Å². The molecule has 6 nitrogen and oxygen atoms in total. The summed E-state index contributed by atoms with van der Waals surface area (Å²) in [6.45, 7) is 13.5. The highest BCUT2D eigenvalue weighted by Gasteiger charge is 2.31. The van der Waals surface area contributed by atoms with E-state index in [0.717, 1.165) is 44.4 Å². The van der Waals surface area contributed by atoms with Crippen molar-refractivity contribution in [3.05, 3.63) is 82.7 Å². The largest absolute Gasteiger partial charge is 0.494 e. The van der Waals surface area contributed by atoms with E-state index in [2.05, 4.69) is 23.4 Å². The molecule has 0 saturated carbocycles. The molecule has 1 saturated heterocycles. The van der Waals surface area contributed by atoms with Gasteiger partial charge in [0.05, 0.1) is 18.2 Å². The zero-order chi connectivity index (χ0) is 29.9. The van der Waals surface area contributed by atoms with Gasteiger partial charge in [0.15, 0.2) is 5.78 Å². The van der Waals surface area contributed by atoms with Crippen LogP contribution >= 0.6 is 0 Å². The van der Waals surface area contributed by atoms with Gasteiger partial charge in [0.1, 0.15) is 22.9 Å². The van der Waals surface area contributed by atoms with E-state index in [1.54, 1.807) is 33.1 Å². The number of ether oxygens (including phenoxy) is 2. The van der Waals surface area contributed by atoms with Crippen molar-refractivity contribution in [1.82, 2.24) is 4.90 Å². The molecule has 0 unspecified atom stereocenters. The molecule has 1 aliphatic carbocycles. The van der Waals surface area contributed by atoms with Crippen molar-refractivity contribution in [1.29, 1.82) is 0 Å². The minimum absolute atomic E-state index is 0.0103. The molecular weight excluding hydrogens is 524 g/mol. The van der Waals surface area contributed by atoms with Crippen molar-refractivity contribution in [3.63, 3.8) is 0 Å². The Morgan fingerprint density at radius 1 is 1.05 bits per heavy atom. The second kappa shape index (κ2) is 12.4. The number of benzene rings is 2.